The number of aromatic carboxylic acids is 1. The van der Waals surface area contributed by atoms with E-state index in [4.69, 9.17) is 9.84 Å². The van der Waals surface area contributed by atoms with Crippen LogP contribution in [0, 0.1) is 19.8 Å². The molecule has 2 rings (SSSR count). The summed E-state index contributed by atoms with van der Waals surface area (Å²) in [6.45, 7) is 6.62. The van der Waals surface area contributed by atoms with Crippen molar-refractivity contribution in [3.05, 3.63) is 22.5 Å². The molecule has 2 unspecified atom stereocenters. The maximum Gasteiger partial charge on any atom is 0.352 e. The molecule has 2 atom stereocenters. The van der Waals surface area contributed by atoms with Crippen LogP contribution in [-0.2, 0) is 4.74 Å². The number of carboxylic acids is 1. The smallest absolute Gasteiger partial charge is 0.352 e. The molecule has 2 heterocycles. The molecule has 1 saturated heterocycles. The van der Waals surface area contributed by atoms with Crippen LogP contribution in [0.4, 0.5) is 0 Å². The van der Waals surface area contributed by atoms with Crippen molar-refractivity contribution in [1.29, 1.82) is 0 Å². The van der Waals surface area contributed by atoms with E-state index in [-0.39, 0.29) is 17.7 Å². The number of amides is 1. The average Bonchev–Trinajstić information content (AvgIpc) is 2.90. The van der Waals surface area contributed by atoms with E-state index in [1.165, 1.54) is 0 Å². The lowest BCUT2D eigenvalue weighted by Gasteiger charge is -2.14. The Balaban J connectivity index is 2.07. The highest BCUT2D eigenvalue weighted by molar-refractivity contribution is 6.00. The van der Waals surface area contributed by atoms with Crippen LogP contribution in [0.15, 0.2) is 0 Å². The molecule has 1 aliphatic heterocycles. The van der Waals surface area contributed by atoms with Crippen LogP contribution in [0.5, 0.6) is 0 Å². The lowest BCUT2D eigenvalue weighted by atomic mass is 10.0. The van der Waals surface area contributed by atoms with Crippen LogP contribution in [0.1, 0.15) is 45.4 Å². The van der Waals surface area contributed by atoms with Gasteiger partial charge in [-0.3, -0.25) is 4.79 Å². The molecule has 0 aromatic carbocycles. The second kappa shape index (κ2) is 5.66. The van der Waals surface area contributed by atoms with Crippen molar-refractivity contribution in [2.24, 2.45) is 5.92 Å². The van der Waals surface area contributed by atoms with Gasteiger partial charge in [-0.25, -0.2) is 4.79 Å². The molecular weight excluding hydrogens is 260 g/mol. The molecule has 6 nitrogen and oxygen atoms in total. The van der Waals surface area contributed by atoms with Gasteiger partial charge < -0.3 is 20.1 Å². The zero-order valence-corrected chi connectivity index (χ0v) is 11.9. The Bertz CT molecular complexity index is 536. The summed E-state index contributed by atoms with van der Waals surface area (Å²) < 4.78 is 5.45. The number of aryl methyl sites for hydroxylation is 1. The number of hydrogen-bond acceptors (Lipinski definition) is 3. The fraction of sp³-hybridized carbons (Fsp3) is 0.571. The number of hydrogen-bond donors (Lipinski definition) is 3. The third-order valence-electron chi connectivity index (χ3n) is 3.94. The van der Waals surface area contributed by atoms with Gasteiger partial charge in [0, 0.05) is 24.8 Å². The number of H-pyrrole nitrogens is 1. The Morgan fingerprint density at radius 3 is 2.65 bits per heavy atom. The van der Waals surface area contributed by atoms with Gasteiger partial charge in [0.05, 0.1) is 11.7 Å². The molecule has 0 radical (unpaired) electrons. The number of carbonyl (C=O) groups is 2. The predicted molar refractivity (Wildman–Crippen MR) is 73.1 cm³/mol. The number of rotatable bonds is 4. The summed E-state index contributed by atoms with van der Waals surface area (Å²) >= 11 is 0. The highest BCUT2D eigenvalue weighted by Gasteiger charge is 2.26. The zero-order valence-electron chi connectivity index (χ0n) is 11.9. The number of carbonyl (C=O) groups excluding carboxylic acids is 1. The van der Waals surface area contributed by atoms with Crippen molar-refractivity contribution >= 4 is 11.9 Å². The average molecular weight is 280 g/mol. The summed E-state index contributed by atoms with van der Waals surface area (Å²) in [5.74, 6) is -0.970. The fourth-order valence-electron chi connectivity index (χ4n) is 2.66. The van der Waals surface area contributed by atoms with E-state index in [9.17, 15) is 9.59 Å². The fourth-order valence-corrected chi connectivity index (χ4v) is 2.66. The van der Waals surface area contributed by atoms with Gasteiger partial charge >= 0.3 is 5.97 Å². The van der Waals surface area contributed by atoms with Crippen LogP contribution in [0.3, 0.4) is 0 Å². The number of ether oxygens (including phenoxy) is 1. The minimum Gasteiger partial charge on any atom is -0.477 e. The summed E-state index contributed by atoms with van der Waals surface area (Å²) in [4.78, 5) is 26.0. The molecule has 20 heavy (non-hydrogen) atoms. The van der Waals surface area contributed by atoms with Crippen molar-refractivity contribution in [2.45, 2.75) is 33.3 Å². The minimum atomic E-state index is -1.05. The van der Waals surface area contributed by atoms with Gasteiger partial charge in [-0.2, -0.15) is 0 Å². The summed E-state index contributed by atoms with van der Waals surface area (Å²) in [6, 6.07) is 0. The van der Waals surface area contributed by atoms with E-state index in [1.54, 1.807) is 13.8 Å². The molecule has 0 saturated carbocycles. The van der Waals surface area contributed by atoms with E-state index < -0.39 is 5.97 Å². The Kier molecular flexibility index (Phi) is 4.13. The van der Waals surface area contributed by atoms with Gasteiger partial charge in [-0.15, -0.1) is 0 Å². The van der Waals surface area contributed by atoms with Crippen molar-refractivity contribution in [3.8, 4) is 0 Å². The molecule has 1 aliphatic rings. The van der Waals surface area contributed by atoms with E-state index in [2.05, 4.69) is 10.3 Å². The molecule has 3 N–H and O–H groups in total. The molecule has 110 valence electrons. The van der Waals surface area contributed by atoms with Gasteiger partial charge in [0.15, 0.2) is 0 Å². The third-order valence-corrected chi connectivity index (χ3v) is 3.94. The van der Waals surface area contributed by atoms with E-state index in [0.29, 0.717) is 29.3 Å². The lowest BCUT2D eigenvalue weighted by Crippen LogP contribution is -2.32. The molecule has 0 spiro atoms. The van der Waals surface area contributed by atoms with E-state index >= 15 is 0 Å². The molecule has 0 aliphatic carbocycles. The Morgan fingerprint density at radius 2 is 2.15 bits per heavy atom. The van der Waals surface area contributed by atoms with E-state index in [0.717, 1.165) is 13.0 Å². The predicted octanol–water partition coefficient (Wildman–Crippen LogP) is 1.48. The molecule has 1 fully saturated rings. The largest absolute Gasteiger partial charge is 0.477 e. The lowest BCUT2D eigenvalue weighted by molar-refractivity contribution is 0.0690. The van der Waals surface area contributed by atoms with Crippen LogP contribution in [0.25, 0.3) is 0 Å². The summed E-state index contributed by atoms with van der Waals surface area (Å²) in [5, 5.41) is 11.9. The van der Waals surface area contributed by atoms with Gasteiger partial charge in [-0.05, 0) is 32.8 Å². The monoisotopic (exact) mass is 280 g/mol. The summed E-state index contributed by atoms with van der Waals surface area (Å²) in [7, 11) is 0. The normalized spacial score (nSPS) is 21.9. The zero-order chi connectivity index (χ0) is 14.9. The molecular formula is C14H20N2O4. The Labute approximate surface area is 117 Å². The summed E-state index contributed by atoms with van der Waals surface area (Å²) in [6.07, 6.45) is 1.09. The highest BCUT2D eigenvalue weighted by Crippen LogP contribution is 2.21. The molecule has 0 bridgehead atoms. The first-order chi connectivity index (χ1) is 9.41. The van der Waals surface area contributed by atoms with Gasteiger partial charge in [0.2, 0.25) is 0 Å². The van der Waals surface area contributed by atoms with Gasteiger partial charge in [-0.1, -0.05) is 0 Å². The van der Waals surface area contributed by atoms with Gasteiger partial charge in [0.25, 0.3) is 5.91 Å². The first kappa shape index (κ1) is 14.6. The van der Waals surface area contributed by atoms with Crippen LogP contribution < -0.4 is 5.32 Å². The standard InChI is InChI=1S/C14H20N2O4/c1-7-11(8(2)16-12(7)14(18)19)13(17)15-6-10-4-5-20-9(10)3/h9-10,16H,4-6H2,1-3H3,(H,15,17)(H,18,19). The number of aromatic nitrogens is 1. The first-order valence-electron chi connectivity index (χ1n) is 6.74. The second-order valence-corrected chi connectivity index (χ2v) is 5.26. The quantitative estimate of drug-likeness (QED) is 0.779. The van der Waals surface area contributed by atoms with Crippen LogP contribution in [0.2, 0.25) is 0 Å². The van der Waals surface area contributed by atoms with Crippen molar-refractivity contribution in [3.63, 3.8) is 0 Å². The summed E-state index contributed by atoms with van der Waals surface area (Å²) in [5.41, 5.74) is 1.55. The molecule has 1 amide bonds. The van der Waals surface area contributed by atoms with E-state index in [1.807, 2.05) is 6.92 Å². The van der Waals surface area contributed by atoms with Gasteiger partial charge in [0.1, 0.15) is 5.69 Å². The number of carboxylic acid groups (broad SMARTS) is 1. The third kappa shape index (κ3) is 2.70. The molecule has 1 aromatic heterocycles. The maximum absolute atomic E-state index is 12.2. The topological polar surface area (TPSA) is 91.4 Å². The van der Waals surface area contributed by atoms with Crippen molar-refractivity contribution in [2.75, 3.05) is 13.2 Å². The number of aromatic amines is 1. The number of nitrogens with one attached hydrogen (secondary N) is 2. The maximum atomic E-state index is 12.2. The highest BCUT2D eigenvalue weighted by atomic mass is 16.5. The van der Waals surface area contributed by atoms with Crippen LogP contribution in [-0.4, -0.2) is 41.2 Å². The molecule has 6 heteroatoms. The second-order valence-electron chi connectivity index (χ2n) is 5.26. The van der Waals surface area contributed by atoms with Crippen molar-refractivity contribution < 1.29 is 19.4 Å². The minimum absolute atomic E-state index is 0.0743. The van der Waals surface area contributed by atoms with Crippen molar-refractivity contribution in [1.82, 2.24) is 10.3 Å². The first-order valence-corrected chi connectivity index (χ1v) is 6.74. The SMILES string of the molecule is Cc1[nH]c(C(=O)O)c(C)c1C(=O)NCC1CCOC1C. The Hall–Kier alpha value is -1.82. The molecule has 1 aromatic rings. The Morgan fingerprint density at radius 1 is 1.45 bits per heavy atom. The van der Waals surface area contributed by atoms with Crippen LogP contribution >= 0.6 is 0 Å².